The van der Waals surface area contributed by atoms with Crippen molar-refractivity contribution in [3.63, 3.8) is 0 Å². The smallest absolute Gasteiger partial charge is 0.233 e. The minimum absolute atomic E-state index is 0.344. The number of rotatable bonds is 5. The molecule has 0 spiro atoms. The molecule has 1 aromatic heterocycles. The highest BCUT2D eigenvalue weighted by molar-refractivity contribution is 7.92. The van der Waals surface area contributed by atoms with Crippen molar-refractivity contribution in [3.05, 3.63) is 91.0 Å². The maximum absolute atomic E-state index is 12.5. The topological polar surface area (TPSA) is 63.2 Å². The Kier molecular flexibility index (Phi) is 5.33. The second kappa shape index (κ2) is 8.08. The van der Waals surface area contributed by atoms with Crippen molar-refractivity contribution in [2.45, 2.75) is 0 Å². The van der Waals surface area contributed by atoms with E-state index in [-0.39, 0.29) is 0 Å². The highest BCUT2D eigenvalue weighted by Crippen LogP contribution is 2.39. The summed E-state index contributed by atoms with van der Waals surface area (Å²) in [6.07, 6.45) is 1.17. The average Bonchev–Trinajstić information content (AvgIpc) is 2.79. The fourth-order valence-corrected chi connectivity index (χ4v) is 3.67. The first-order chi connectivity index (χ1) is 14.4. The summed E-state index contributed by atoms with van der Waals surface area (Å²) in [4.78, 5) is 9.59. The maximum atomic E-state index is 12.5. The van der Waals surface area contributed by atoms with E-state index in [9.17, 15) is 8.42 Å². The molecule has 0 unspecified atom stereocenters. The van der Waals surface area contributed by atoms with E-state index in [1.165, 1.54) is 17.6 Å². The molecule has 4 rings (SSSR count). The molecule has 0 fully saturated rings. The molecule has 0 N–H and O–H groups in total. The first-order valence-corrected chi connectivity index (χ1v) is 11.3. The van der Waals surface area contributed by atoms with Gasteiger partial charge in [-0.25, -0.2) is 18.4 Å². The molecule has 0 amide bonds. The van der Waals surface area contributed by atoms with E-state index in [0.29, 0.717) is 22.9 Å². The van der Waals surface area contributed by atoms with Gasteiger partial charge in [0.15, 0.2) is 11.6 Å². The Bertz CT molecular complexity index is 1260. The molecule has 0 atom stereocenters. The predicted molar refractivity (Wildman–Crippen MR) is 122 cm³/mol. The molecular weight excluding hydrogens is 394 g/mol. The second-order valence-electron chi connectivity index (χ2n) is 6.92. The van der Waals surface area contributed by atoms with Crippen LogP contribution in [-0.4, -0.2) is 31.7 Å². The van der Waals surface area contributed by atoms with Crippen LogP contribution in [0.15, 0.2) is 91.0 Å². The summed E-state index contributed by atoms with van der Waals surface area (Å²) in [5.41, 5.74) is 3.91. The summed E-state index contributed by atoms with van der Waals surface area (Å²) in [7, 11) is -2.02. The maximum Gasteiger partial charge on any atom is 0.233 e. The van der Waals surface area contributed by atoms with Crippen LogP contribution in [0.1, 0.15) is 0 Å². The first-order valence-electron chi connectivity index (χ1n) is 9.47. The molecule has 0 bridgehead atoms. The molecule has 3 aromatic carbocycles. The van der Waals surface area contributed by atoms with Gasteiger partial charge in [-0.2, -0.15) is 0 Å². The predicted octanol–water partition coefficient (Wildman–Crippen LogP) is 4.87. The number of benzene rings is 3. The van der Waals surface area contributed by atoms with E-state index in [0.717, 1.165) is 16.7 Å². The van der Waals surface area contributed by atoms with Crippen LogP contribution in [0.5, 0.6) is 0 Å². The van der Waals surface area contributed by atoms with Crippen LogP contribution in [0.25, 0.3) is 33.8 Å². The van der Waals surface area contributed by atoms with Crippen LogP contribution in [0.2, 0.25) is 0 Å². The Morgan fingerprint density at radius 2 is 1.13 bits per heavy atom. The molecule has 0 radical (unpaired) electrons. The van der Waals surface area contributed by atoms with Gasteiger partial charge < -0.3 is 0 Å². The highest BCUT2D eigenvalue weighted by Gasteiger charge is 2.24. The van der Waals surface area contributed by atoms with Crippen molar-refractivity contribution in [2.24, 2.45) is 0 Å². The van der Waals surface area contributed by atoms with E-state index in [1.807, 2.05) is 91.0 Å². The molecule has 0 aliphatic heterocycles. The third kappa shape index (κ3) is 3.95. The zero-order valence-electron chi connectivity index (χ0n) is 16.7. The van der Waals surface area contributed by atoms with Crippen molar-refractivity contribution in [1.82, 2.24) is 9.97 Å². The zero-order chi connectivity index (χ0) is 21.1. The third-order valence-corrected chi connectivity index (χ3v) is 6.00. The lowest BCUT2D eigenvalue weighted by atomic mass is 9.99. The Morgan fingerprint density at radius 3 is 1.63 bits per heavy atom. The Morgan fingerprint density at radius 1 is 0.667 bits per heavy atom. The summed E-state index contributed by atoms with van der Waals surface area (Å²) < 4.78 is 26.2. The molecule has 150 valence electrons. The van der Waals surface area contributed by atoms with Crippen LogP contribution in [0.3, 0.4) is 0 Å². The van der Waals surface area contributed by atoms with Crippen LogP contribution >= 0.6 is 0 Å². The Balaban J connectivity index is 2.11. The molecule has 0 aliphatic rings. The molecule has 0 saturated carbocycles. The Hall–Kier alpha value is -3.51. The van der Waals surface area contributed by atoms with Gasteiger partial charge in [-0.1, -0.05) is 91.0 Å². The normalized spacial score (nSPS) is 11.3. The number of hydrogen-bond donors (Lipinski definition) is 0. The van der Waals surface area contributed by atoms with E-state index in [2.05, 4.69) is 0 Å². The first kappa shape index (κ1) is 19.8. The zero-order valence-corrected chi connectivity index (χ0v) is 17.5. The lowest BCUT2D eigenvalue weighted by Crippen LogP contribution is -2.27. The molecule has 30 heavy (non-hydrogen) atoms. The van der Waals surface area contributed by atoms with E-state index >= 15 is 0 Å². The molecule has 0 saturated heterocycles. The fourth-order valence-electron chi connectivity index (χ4n) is 3.23. The van der Waals surface area contributed by atoms with E-state index < -0.39 is 10.0 Å². The fraction of sp³-hybridized carbons (Fsp3) is 0.0833. The SMILES string of the molecule is CN(c1nc(-c2ccccc2)nc(-c2ccccc2)c1-c1ccccc1)S(C)(=O)=O. The monoisotopic (exact) mass is 415 g/mol. The van der Waals surface area contributed by atoms with Gasteiger partial charge in [0.1, 0.15) is 0 Å². The number of nitrogens with zero attached hydrogens (tertiary/aromatic N) is 3. The van der Waals surface area contributed by atoms with Crippen molar-refractivity contribution < 1.29 is 8.42 Å². The van der Waals surface area contributed by atoms with Crippen LogP contribution in [-0.2, 0) is 10.0 Å². The Labute approximate surface area is 176 Å². The van der Waals surface area contributed by atoms with Crippen LogP contribution in [0, 0.1) is 0 Å². The van der Waals surface area contributed by atoms with Gasteiger partial charge in [0.05, 0.1) is 17.5 Å². The van der Waals surface area contributed by atoms with Gasteiger partial charge in [0.25, 0.3) is 0 Å². The summed E-state index contributed by atoms with van der Waals surface area (Å²) in [5, 5.41) is 0. The van der Waals surface area contributed by atoms with Gasteiger partial charge in [-0.05, 0) is 5.56 Å². The molecule has 1 heterocycles. The van der Waals surface area contributed by atoms with Crippen LogP contribution < -0.4 is 4.31 Å². The van der Waals surface area contributed by atoms with Gasteiger partial charge >= 0.3 is 0 Å². The summed E-state index contributed by atoms with van der Waals surface area (Å²) in [5.74, 6) is 0.816. The largest absolute Gasteiger partial charge is 0.256 e. The summed E-state index contributed by atoms with van der Waals surface area (Å²) in [6.45, 7) is 0. The number of anilines is 1. The van der Waals surface area contributed by atoms with Crippen LogP contribution in [0.4, 0.5) is 5.82 Å². The minimum Gasteiger partial charge on any atom is -0.256 e. The van der Waals surface area contributed by atoms with Crippen molar-refractivity contribution in [2.75, 3.05) is 17.6 Å². The molecule has 6 heteroatoms. The number of hydrogen-bond acceptors (Lipinski definition) is 4. The van der Waals surface area contributed by atoms with Gasteiger partial charge in [0, 0.05) is 18.2 Å². The highest BCUT2D eigenvalue weighted by atomic mass is 32.2. The van der Waals surface area contributed by atoms with Gasteiger partial charge in [0.2, 0.25) is 10.0 Å². The summed E-state index contributed by atoms with van der Waals surface area (Å²) >= 11 is 0. The molecule has 4 aromatic rings. The quantitative estimate of drug-likeness (QED) is 0.466. The van der Waals surface area contributed by atoms with Gasteiger partial charge in [-0.3, -0.25) is 4.31 Å². The lowest BCUT2D eigenvalue weighted by Gasteiger charge is -2.22. The number of aromatic nitrogens is 2. The van der Waals surface area contributed by atoms with Crippen molar-refractivity contribution >= 4 is 15.8 Å². The standard InChI is InChI=1S/C24H21N3O2S/c1-27(30(2,28)29)24-21(18-12-6-3-7-13-18)22(19-14-8-4-9-15-19)25-23(26-24)20-16-10-5-11-17-20/h3-17H,1-2H3. The number of sulfonamides is 1. The third-order valence-electron chi connectivity index (χ3n) is 4.83. The lowest BCUT2D eigenvalue weighted by molar-refractivity contribution is 0.600. The molecular formula is C24H21N3O2S. The van der Waals surface area contributed by atoms with Gasteiger partial charge in [-0.15, -0.1) is 0 Å². The minimum atomic E-state index is -3.54. The van der Waals surface area contributed by atoms with E-state index in [4.69, 9.17) is 9.97 Å². The second-order valence-corrected chi connectivity index (χ2v) is 8.94. The summed E-state index contributed by atoms with van der Waals surface area (Å²) in [6, 6.07) is 28.9. The van der Waals surface area contributed by atoms with Crippen molar-refractivity contribution in [3.8, 4) is 33.8 Å². The molecule has 5 nitrogen and oxygen atoms in total. The van der Waals surface area contributed by atoms with E-state index in [1.54, 1.807) is 0 Å². The average molecular weight is 416 g/mol. The van der Waals surface area contributed by atoms with Crippen molar-refractivity contribution in [1.29, 1.82) is 0 Å². The molecule has 0 aliphatic carbocycles.